The van der Waals surface area contributed by atoms with E-state index in [1.54, 1.807) is 0 Å². The van der Waals surface area contributed by atoms with Crippen molar-refractivity contribution in [2.45, 2.75) is 116 Å². The van der Waals surface area contributed by atoms with Crippen molar-refractivity contribution in [1.82, 2.24) is 0 Å². The van der Waals surface area contributed by atoms with Crippen molar-refractivity contribution in [3.8, 4) is 0 Å². The van der Waals surface area contributed by atoms with Gasteiger partial charge in [-0.05, 0) is 12.8 Å². The minimum Gasteiger partial charge on any atom is -0.303 e. The largest absolute Gasteiger partial charge is 0.469 e. The highest BCUT2D eigenvalue weighted by molar-refractivity contribution is 7.46. The molecular formula is C18H39O4P. The zero-order chi connectivity index (χ0) is 17.4. The second kappa shape index (κ2) is 15.6. The lowest BCUT2D eigenvalue weighted by molar-refractivity contribution is 0.115. The highest BCUT2D eigenvalue weighted by Gasteiger charge is 2.21. The summed E-state index contributed by atoms with van der Waals surface area (Å²) in [5.41, 5.74) is 0. The van der Waals surface area contributed by atoms with Crippen LogP contribution in [-0.2, 0) is 9.09 Å². The zero-order valence-electron chi connectivity index (χ0n) is 15.3. The minimum atomic E-state index is -4.36. The molecule has 0 radical (unpaired) electrons. The number of hydrogen-bond donors (Lipinski definition) is 2. The first-order chi connectivity index (χ1) is 11.0. The summed E-state index contributed by atoms with van der Waals surface area (Å²) in [5.74, 6) is 0. The predicted octanol–water partition coefficient (Wildman–Crippen LogP) is 6.36. The van der Waals surface area contributed by atoms with Crippen LogP contribution in [0.25, 0.3) is 0 Å². The van der Waals surface area contributed by atoms with Crippen molar-refractivity contribution < 1.29 is 18.9 Å². The van der Waals surface area contributed by atoms with Gasteiger partial charge in [0.2, 0.25) is 0 Å². The molecule has 0 saturated carbocycles. The Labute approximate surface area is 143 Å². The van der Waals surface area contributed by atoms with E-state index in [4.69, 9.17) is 14.3 Å². The fraction of sp³-hybridized carbons (Fsp3) is 1.00. The van der Waals surface area contributed by atoms with Gasteiger partial charge < -0.3 is 9.79 Å². The summed E-state index contributed by atoms with van der Waals surface area (Å²) in [6.45, 7) is 4.42. The van der Waals surface area contributed by atoms with Crippen molar-refractivity contribution in [3.05, 3.63) is 0 Å². The third-order valence-corrected chi connectivity index (χ3v) is 4.87. The van der Waals surface area contributed by atoms with Gasteiger partial charge in [0, 0.05) is 0 Å². The van der Waals surface area contributed by atoms with E-state index >= 15 is 0 Å². The lowest BCUT2D eigenvalue weighted by Crippen LogP contribution is -2.11. The lowest BCUT2D eigenvalue weighted by Gasteiger charge is -2.18. The zero-order valence-corrected chi connectivity index (χ0v) is 16.2. The van der Waals surface area contributed by atoms with Crippen molar-refractivity contribution in [2.24, 2.45) is 0 Å². The molecule has 4 nitrogen and oxygen atoms in total. The van der Waals surface area contributed by atoms with Gasteiger partial charge in [-0.2, -0.15) is 0 Å². The van der Waals surface area contributed by atoms with E-state index < -0.39 is 7.82 Å². The maximum Gasteiger partial charge on any atom is 0.469 e. The molecule has 0 amide bonds. The molecule has 2 N–H and O–H groups in total. The third kappa shape index (κ3) is 18.3. The Hall–Kier alpha value is 0.110. The first-order valence-electron chi connectivity index (χ1n) is 9.73. The normalized spacial score (nSPS) is 13.4. The number of unbranched alkanes of at least 4 members (excludes halogenated alkanes) is 11. The van der Waals surface area contributed by atoms with Gasteiger partial charge in [-0.15, -0.1) is 0 Å². The molecule has 23 heavy (non-hydrogen) atoms. The Bertz CT molecular complexity index is 291. The van der Waals surface area contributed by atoms with Crippen molar-refractivity contribution in [2.75, 3.05) is 0 Å². The highest BCUT2D eigenvalue weighted by atomic mass is 31.2. The summed E-state index contributed by atoms with van der Waals surface area (Å²) >= 11 is 0. The summed E-state index contributed by atoms with van der Waals surface area (Å²) in [4.78, 5) is 18.1. The van der Waals surface area contributed by atoms with Gasteiger partial charge in [-0.25, -0.2) is 4.57 Å². The van der Waals surface area contributed by atoms with Gasteiger partial charge in [0.15, 0.2) is 0 Å². The van der Waals surface area contributed by atoms with Crippen LogP contribution in [0.3, 0.4) is 0 Å². The SMILES string of the molecule is CCCCCCCCCC(CCCCCCCC)OP(=O)(O)O. The summed E-state index contributed by atoms with van der Waals surface area (Å²) < 4.78 is 16.1. The van der Waals surface area contributed by atoms with Gasteiger partial charge in [0.1, 0.15) is 0 Å². The molecule has 0 aromatic rings. The van der Waals surface area contributed by atoms with E-state index in [9.17, 15) is 4.57 Å². The standard InChI is InChI=1S/C18H39O4P/c1-3-5-7-9-11-13-15-17-18(22-23(19,20)21)16-14-12-10-8-6-4-2/h18H,3-17H2,1-2H3,(H2,19,20,21). The molecule has 140 valence electrons. The Balaban J connectivity index is 3.81. The molecule has 0 aliphatic rings. The van der Waals surface area contributed by atoms with Crippen molar-refractivity contribution in [3.63, 3.8) is 0 Å². The van der Waals surface area contributed by atoms with Crippen LogP contribution < -0.4 is 0 Å². The van der Waals surface area contributed by atoms with Crippen molar-refractivity contribution in [1.29, 1.82) is 0 Å². The van der Waals surface area contributed by atoms with Crippen LogP contribution in [-0.4, -0.2) is 15.9 Å². The molecule has 1 atom stereocenters. The van der Waals surface area contributed by atoms with E-state index in [0.717, 1.165) is 38.5 Å². The summed E-state index contributed by atoms with van der Waals surface area (Å²) in [6.07, 6.45) is 16.9. The molecule has 0 aromatic carbocycles. The molecule has 1 unspecified atom stereocenters. The smallest absolute Gasteiger partial charge is 0.303 e. The predicted molar refractivity (Wildman–Crippen MR) is 97.5 cm³/mol. The van der Waals surface area contributed by atoms with E-state index in [1.165, 1.54) is 57.8 Å². The van der Waals surface area contributed by atoms with Crippen LogP contribution in [0.2, 0.25) is 0 Å². The maximum absolute atomic E-state index is 11.1. The maximum atomic E-state index is 11.1. The average molecular weight is 350 g/mol. The molecule has 0 saturated heterocycles. The first kappa shape index (κ1) is 23.1. The molecule has 0 rings (SSSR count). The first-order valence-corrected chi connectivity index (χ1v) is 11.3. The van der Waals surface area contributed by atoms with E-state index in [2.05, 4.69) is 13.8 Å². The molecule has 0 aliphatic carbocycles. The number of hydrogen-bond acceptors (Lipinski definition) is 2. The average Bonchev–Trinajstić information content (AvgIpc) is 2.48. The Morgan fingerprint density at radius 2 is 1.04 bits per heavy atom. The molecule has 0 fully saturated rings. The monoisotopic (exact) mass is 350 g/mol. The van der Waals surface area contributed by atoms with Crippen LogP contribution in [0.4, 0.5) is 0 Å². The topological polar surface area (TPSA) is 66.8 Å². The summed E-state index contributed by atoms with van der Waals surface area (Å²) in [5, 5.41) is 0. The second-order valence-electron chi connectivity index (χ2n) is 6.68. The quantitative estimate of drug-likeness (QED) is 0.237. The van der Waals surface area contributed by atoms with Gasteiger partial charge in [-0.3, -0.25) is 4.52 Å². The Morgan fingerprint density at radius 3 is 1.39 bits per heavy atom. The van der Waals surface area contributed by atoms with E-state index in [1.807, 2.05) is 0 Å². The van der Waals surface area contributed by atoms with Gasteiger partial charge >= 0.3 is 7.82 Å². The van der Waals surface area contributed by atoms with Crippen molar-refractivity contribution >= 4 is 7.82 Å². The fourth-order valence-corrected chi connectivity index (χ4v) is 3.52. The second-order valence-corrected chi connectivity index (χ2v) is 7.88. The molecule has 0 aromatic heterocycles. The molecule has 0 aliphatic heterocycles. The summed E-state index contributed by atoms with van der Waals surface area (Å²) in [7, 11) is -4.36. The number of phosphoric acid groups is 1. The van der Waals surface area contributed by atoms with Crippen LogP contribution in [0.1, 0.15) is 110 Å². The minimum absolute atomic E-state index is 0.280. The molecule has 0 heterocycles. The molecule has 0 spiro atoms. The molecular weight excluding hydrogens is 311 g/mol. The lowest BCUT2D eigenvalue weighted by atomic mass is 10.0. The van der Waals surface area contributed by atoms with Gasteiger partial charge in [-0.1, -0.05) is 97.3 Å². The Morgan fingerprint density at radius 1 is 0.696 bits per heavy atom. The Kier molecular flexibility index (Phi) is 15.7. The fourth-order valence-electron chi connectivity index (χ4n) is 2.93. The van der Waals surface area contributed by atoms with E-state index in [-0.39, 0.29) is 6.10 Å². The van der Waals surface area contributed by atoms with E-state index in [0.29, 0.717) is 0 Å². The number of rotatable bonds is 17. The third-order valence-electron chi connectivity index (χ3n) is 4.30. The van der Waals surface area contributed by atoms with Crippen LogP contribution in [0, 0.1) is 0 Å². The highest BCUT2D eigenvalue weighted by Crippen LogP contribution is 2.39. The molecule has 5 heteroatoms. The summed E-state index contributed by atoms with van der Waals surface area (Å²) in [6, 6.07) is 0. The number of phosphoric ester groups is 1. The van der Waals surface area contributed by atoms with Crippen LogP contribution in [0.5, 0.6) is 0 Å². The van der Waals surface area contributed by atoms with Crippen LogP contribution in [0.15, 0.2) is 0 Å². The van der Waals surface area contributed by atoms with Crippen LogP contribution >= 0.6 is 7.82 Å². The van der Waals surface area contributed by atoms with Gasteiger partial charge in [0.25, 0.3) is 0 Å². The van der Waals surface area contributed by atoms with Gasteiger partial charge in [0.05, 0.1) is 6.10 Å². The molecule has 0 bridgehead atoms.